The predicted molar refractivity (Wildman–Crippen MR) is 70.1 cm³/mol. The largest absolute Gasteiger partial charge is 0.311 e. The Hall–Kier alpha value is -0.550. The molecule has 1 fully saturated rings. The third kappa shape index (κ3) is 2.10. The standard InChI is InChI=1S/C12H20N4S/c1-2-4-9-11-14-15-12(10-5-3-8-17-10)16(11)7-6-13-9/h9-10,13H,2-8H2,1H3. The lowest BCUT2D eigenvalue weighted by Crippen LogP contribution is -2.34. The summed E-state index contributed by atoms with van der Waals surface area (Å²) in [5.41, 5.74) is 0. The molecule has 1 saturated heterocycles. The lowest BCUT2D eigenvalue weighted by atomic mass is 10.1. The van der Waals surface area contributed by atoms with Crippen molar-refractivity contribution in [2.75, 3.05) is 12.3 Å². The highest BCUT2D eigenvalue weighted by atomic mass is 32.2. The van der Waals surface area contributed by atoms with Crippen molar-refractivity contribution >= 4 is 11.8 Å². The fourth-order valence-corrected chi connectivity index (χ4v) is 4.07. The summed E-state index contributed by atoms with van der Waals surface area (Å²) < 4.78 is 2.37. The van der Waals surface area contributed by atoms with Crippen LogP contribution in [0.1, 0.15) is 55.5 Å². The van der Waals surface area contributed by atoms with Crippen LogP contribution < -0.4 is 5.32 Å². The van der Waals surface area contributed by atoms with E-state index in [1.165, 1.54) is 36.7 Å². The van der Waals surface area contributed by atoms with Crippen LogP contribution in [0, 0.1) is 0 Å². The second-order valence-electron chi connectivity index (χ2n) is 4.87. The topological polar surface area (TPSA) is 42.7 Å². The summed E-state index contributed by atoms with van der Waals surface area (Å²) in [6.45, 7) is 4.32. The average molecular weight is 252 g/mol. The molecule has 2 aliphatic rings. The Kier molecular flexibility index (Phi) is 3.38. The highest BCUT2D eigenvalue weighted by molar-refractivity contribution is 7.99. The van der Waals surface area contributed by atoms with Gasteiger partial charge in [0.25, 0.3) is 0 Å². The second-order valence-corrected chi connectivity index (χ2v) is 6.18. The van der Waals surface area contributed by atoms with Gasteiger partial charge in [-0.3, -0.25) is 0 Å². The maximum absolute atomic E-state index is 4.46. The molecule has 0 amide bonds. The van der Waals surface area contributed by atoms with Gasteiger partial charge < -0.3 is 9.88 Å². The van der Waals surface area contributed by atoms with Crippen LogP contribution in [0.25, 0.3) is 0 Å². The third-order valence-corrected chi connectivity index (χ3v) is 5.01. The summed E-state index contributed by atoms with van der Waals surface area (Å²) in [7, 11) is 0. The number of hydrogen-bond donors (Lipinski definition) is 1. The van der Waals surface area contributed by atoms with Crippen molar-refractivity contribution < 1.29 is 0 Å². The van der Waals surface area contributed by atoms with E-state index in [4.69, 9.17) is 0 Å². The van der Waals surface area contributed by atoms with E-state index in [0.717, 1.165) is 19.5 Å². The maximum atomic E-state index is 4.46. The Morgan fingerprint density at radius 1 is 1.41 bits per heavy atom. The van der Waals surface area contributed by atoms with Crippen LogP contribution in [-0.2, 0) is 6.54 Å². The molecule has 17 heavy (non-hydrogen) atoms. The number of fused-ring (bicyclic) bond motifs is 1. The Morgan fingerprint density at radius 3 is 3.06 bits per heavy atom. The minimum atomic E-state index is 0.418. The van der Waals surface area contributed by atoms with Crippen molar-refractivity contribution in [1.29, 1.82) is 0 Å². The zero-order valence-electron chi connectivity index (χ0n) is 10.4. The molecule has 94 valence electrons. The highest BCUT2D eigenvalue weighted by Gasteiger charge is 2.29. The van der Waals surface area contributed by atoms with E-state index in [0.29, 0.717) is 11.3 Å². The van der Waals surface area contributed by atoms with Crippen molar-refractivity contribution in [3.63, 3.8) is 0 Å². The van der Waals surface area contributed by atoms with Gasteiger partial charge >= 0.3 is 0 Å². The van der Waals surface area contributed by atoms with Gasteiger partial charge in [-0.15, -0.1) is 10.2 Å². The minimum absolute atomic E-state index is 0.418. The molecule has 0 bridgehead atoms. The fraction of sp³-hybridized carbons (Fsp3) is 0.833. The van der Waals surface area contributed by atoms with Gasteiger partial charge in [0, 0.05) is 13.1 Å². The number of nitrogens with zero attached hydrogens (tertiary/aromatic N) is 3. The molecule has 0 radical (unpaired) electrons. The molecule has 3 heterocycles. The number of nitrogens with one attached hydrogen (secondary N) is 1. The second kappa shape index (κ2) is 4.98. The monoisotopic (exact) mass is 252 g/mol. The van der Waals surface area contributed by atoms with Crippen LogP contribution in [0.3, 0.4) is 0 Å². The van der Waals surface area contributed by atoms with E-state index < -0.39 is 0 Å². The summed E-state index contributed by atoms with van der Waals surface area (Å²) in [6, 6.07) is 0.418. The molecular weight excluding hydrogens is 232 g/mol. The van der Waals surface area contributed by atoms with Crippen LogP contribution in [0.5, 0.6) is 0 Å². The van der Waals surface area contributed by atoms with E-state index in [9.17, 15) is 0 Å². The molecule has 0 spiro atoms. The molecule has 0 aromatic carbocycles. The van der Waals surface area contributed by atoms with Gasteiger partial charge in [0.05, 0.1) is 11.3 Å². The number of thioether (sulfide) groups is 1. The minimum Gasteiger partial charge on any atom is -0.311 e. The van der Waals surface area contributed by atoms with Gasteiger partial charge in [-0.25, -0.2) is 0 Å². The summed E-state index contributed by atoms with van der Waals surface area (Å²) in [5, 5.41) is 13.0. The first-order valence-corrected chi connectivity index (χ1v) is 7.73. The zero-order valence-corrected chi connectivity index (χ0v) is 11.2. The van der Waals surface area contributed by atoms with E-state index in [-0.39, 0.29) is 0 Å². The molecule has 1 aromatic heterocycles. The molecule has 4 nitrogen and oxygen atoms in total. The first kappa shape index (κ1) is 11.5. The highest BCUT2D eigenvalue weighted by Crippen LogP contribution is 2.39. The van der Waals surface area contributed by atoms with Crippen molar-refractivity contribution in [3.8, 4) is 0 Å². The van der Waals surface area contributed by atoms with E-state index in [1.807, 2.05) is 11.8 Å². The number of rotatable bonds is 3. The van der Waals surface area contributed by atoms with Gasteiger partial charge in [-0.1, -0.05) is 13.3 Å². The predicted octanol–water partition coefficient (Wildman–Crippen LogP) is 2.29. The van der Waals surface area contributed by atoms with Crippen LogP contribution >= 0.6 is 11.8 Å². The van der Waals surface area contributed by atoms with E-state index >= 15 is 0 Å². The van der Waals surface area contributed by atoms with E-state index in [2.05, 4.69) is 27.0 Å². The summed E-state index contributed by atoms with van der Waals surface area (Å²) in [6.07, 6.45) is 4.96. The molecule has 1 N–H and O–H groups in total. The molecule has 0 saturated carbocycles. The van der Waals surface area contributed by atoms with Gasteiger partial charge in [-0.2, -0.15) is 11.8 Å². The molecule has 1 aromatic rings. The molecule has 2 aliphatic heterocycles. The van der Waals surface area contributed by atoms with Crippen molar-refractivity contribution in [1.82, 2.24) is 20.1 Å². The molecular formula is C12H20N4S. The van der Waals surface area contributed by atoms with Gasteiger partial charge in [0.2, 0.25) is 0 Å². The molecule has 0 aliphatic carbocycles. The van der Waals surface area contributed by atoms with E-state index in [1.54, 1.807) is 0 Å². The third-order valence-electron chi connectivity index (χ3n) is 3.64. The molecule has 2 unspecified atom stereocenters. The quantitative estimate of drug-likeness (QED) is 0.896. The SMILES string of the molecule is CCCC1NCCn2c1nnc2C1CCCS1. The fourth-order valence-electron chi connectivity index (χ4n) is 2.80. The Bertz CT molecular complexity index is 384. The van der Waals surface area contributed by atoms with Crippen molar-refractivity contribution in [3.05, 3.63) is 11.6 Å². The molecule has 2 atom stereocenters. The van der Waals surface area contributed by atoms with Crippen molar-refractivity contribution in [2.45, 2.75) is 50.4 Å². The Morgan fingerprint density at radius 2 is 2.29 bits per heavy atom. The summed E-state index contributed by atoms with van der Waals surface area (Å²) in [5.74, 6) is 3.68. The zero-order chi connectivity index (χ0) is 11.7. The first-order valence-electron chi connectivity index (χ1n) is 6.68. The maximum Gasteiger partial charge on any atom is 0.150 e. The van der Waals surface area contributed by atoms with Crippen LogP contribution in [0.2, 0.25) is 0 Å². The van der Waals surface area contributed by atoms with Crippen LogP contribution in [-0.4, -0.2) is 27.1 Å². The van der Waals surface area contributed by atoms with Crippen LogP contribution in [0.15, 0.2) is 0 Å². The van der Waals surface area contributed by atoms with Gasteiger partial charge in [0.1, 0.15) is 11.6 Å². The first-order chi connectivity index (χ1) is 8.40. The summed E-state index contributed by atoms with van der Waals surface area (Å²) in [4.78, 5) is 0. The molecule has 3 rings (SSSR count). The smallest absolute Gasteiger partial charge is 0.150 e. The van der Waals surface area contributed by atoms with Gasteiger partial charge in [-0.05, 0) is 25.0 Å². The number of hydrogen-bond acceptors (Lipinski definition) is 4. The number of aromatic nitrogens is 3. The molecule has 5 heteroatoms. The lowest BCUT2D eigenvalue weighted by Gasteiger charge is -2.25. The van der Waals surface area contributed by atoms with Gasteiger partial charge in [0.15, 0.2) is 0 Å². The Balaban J connectivity index is 1.87. The Labute approximate surface area is 107 Å². The average Bonchev–Trinajstić information content (AvgIpc) is 2.97. The van der Waals surface area contributed by atoms with Crippen LogP contribution in [0.4, 0.5) is 0 Å². The normalized spacial score (nSPS) is 28.3. The van der Waals surface area contributed by atoms with Crippen molar-refractivity contribution in [2.24, 2.45) is 0 Å². The summed E-state index contributed by atoms with van der Waals surface area (Å²) >= 11 is 2.04. The lowest BCUT2D eigenvalue weighted by molar-refractivity contribution is 0.387.